The highest BCUT2D eigenvalue weighted by Crippen LogP contribution is 2.32. The van der Waals surface area contributed by atoms with Gasteiger partial charge in [-0.2, -0.15) is 11.8 Å². The molecular formula is C19H24F3N3O4S. The molecular weight excluding hydrogens is 423 g/mol. The van der Waals surface area contributed by atoms with Crippen LogP contribution >= 0.6 is 11.8 Å². The van der Waals surface area contributed by atoms with Crippen LogP contribution in [0.3, 0.4) is 0 Å². The number of carbonyl (C=O) groups excluding carboxylic acids is 2. The molecule has 1 aromatic carbocycles. The molecule has 0 aromatic heterocycles. The van der Waals surface area contributed by atoms with E-state index in [0.717, 1.165) is 49.6 Å². The van der Waals surface area contributed by atoms with Crippen molar-refractivity contribution in [3.8, 4) is 5.75 Å². The number of hydrogen-bond donors (Lipinski definition) is 2. The maximum atomic E-state index is 12.3. The number of amides is 2. The molecule has 0 radical (unpaired) electrons. The number of nitrogens with zero attached hydrogens (tertiary/aromatic N) is 1. The van der Waals surface area contributed by atoms with Crippen LogP contribution in [-0.2, 0) is 14.3 Å². The molecule has 2 saturated heterocycles. The Kier molecular flexibility index (Phi) is 7.48. The highest BCUT2D eigenvalue weighted by molar-refractivity contribution is 7.99. The first-order valence-corrected chi connectivity index (χ1v) is 10.8. The van der Waals surface area contributed by atoms with E-state index >= 15 is 0 Å². The van der Waals surface area contributed by atoms with Crippen LogP contribution in [0.5, 0.6) is 5.75 Å². The first-order chi connectivity index (χ1) is 14.3. The number of rotatable bonds is 5. The van der Waals surface area contributed by atoms with Gasteiger partial charge < -0.3 is 20.1 Å². The Labute approximate surface area is 176 Å². The molecule has 0 unspecified atom stereocenters. The standard InChI is InChI=1S/C19H24F3N3O4S/c20-19(21,22)29-15-3-1-14(2-4-15)24-17(27)16(26)23-13-18(5-11-30-12-6-18)25-7-9-28-10-8-25/h1-4H,5-13H2,(H,23,26)(H,24,27). The van der Waals surface area contributed by atoms with Crippen molar-refractivity contribution in [1.82, 2.24) is 10.2 Å². The minimum Gasteiger partial charge on any atom is -0.406 e. The van der Waals surface area contributed by atoms with Gasteiger partial charge in [-0.05, 0) is 48.6 Å². The van der Waals surface area contributed by atoms with Crippen molar-refractivity contribution in [2.75, 3.05) is 49.7 Å². The minimum absolute atomic E-state index is 0.193. The number of hydrogen-bond acceptors (Lipinski definition) is 6. The van der Waals surface area contributed by atoms with Gasteiger partial charge in [-0.3, -0.25) is 14.5 Å². The maximum Gasteiger partial charge on any atom is 0.573 e. The molecule has 2 N–H and O–H groups in total. The highest BCUT2D eigenvalue weighted by Gasteiger charge is 2.39. The molecule has 11 heteroatoms. The number of alkyl halides is 3. The Balaban J connectivity index is 1.54. The number of anilines is 1. The van der Waals surface area contributed by atoms with Gasteiger partial charge >= 0.3 is 18.2 Å². The van der Waals surface area contributed by atoms with Gasteiger partial charge in [0.15, 0.2) is 0 Å². The number of morpholine rings is 1. The predicted octanol–water partition coefficient (Wildman–Crippen LogP) is 2.24. The zero-order valence-corrected chi connectivity index (χ0v) is 17.1. The highest BCUT2D eigenvalue weighted by atomic mass is 32.2. The van der Waals surface area contributed by atoms with Crippen molar-refractivity contribution < 1.29 is 32.2 Å². The molecule has 0 aliphatic carbocycles. The van der Waals surface area contributed by atoms with E-state index in [1.165, 1.54) is 12.1 Å². The van der Waals surface area contributed by atoms with E-state index in [2.05, 4.69) is 20.3 Å². The van der Waals surface area contributed by atoms with Crippen LogP contribution in [0.1, 0.15) is 12.8 Å². The summed E-state index contributed by atoms with van der Waals surface area (Å²) in [6, 6.07) is 4.60. The predicted molar refractivity (Wildman–Crippen MR) is 106 cm³/mol. The van der Waals surface area contributed by atoms with Crippen LogP contribution in [0.4, 0.5) is 18.9 Å². The lowest BCUT2D eigenvalue weighted by Gasteiger charge is -2.47. The Bertz CT molecular complexity index is 734. The van der Waals surface area contributed by atoms with Crippen LogP contribution < -0.4 is 15.4 Å². The van der Waals surface area contributed by atoms with Gasteiger partial charge in [0.1, 0.15) is 5.75 Å². The Morgan fingerprint density at radius 3 is 2.33 bits per heavy atom. The molecule has 2 heterocycles. The van der Waals surface area contributed by atoms with Crippen molar-refractivity contribution in [2.45, 2.75) is 24.7 Å². The Hall–Kier alpha value is -1.98. The second kappa shape index (κ2) is 9.88. The second-order valence-corrected chi connectivity index (χ2v) is 8.37. The molecule has 0 spiro atoms. The van der Waals surface area contributed by atoms with Gasteiger partial charge in [0.2, 0.25) is 0 Å². The van der Waals surface area contributed by atoms with Crippen LogP contribution in [-0.4, -0.2) is 73.0 Å². The molecule has 30 heavy (non-hydrogen) atoms. The molecule has 3 rings (SSSR count). The topological polar surface area (TPSA) is 79.9 Å². The van der Waals surface area contributed by atoms with E-state index in [-0.39, 0.29) is 11.2 Å². The summed E-state index contributed by atoms with van der Waals surface area (Å²) in [5, 5.41) is 5.12. The van der Waals surface area contributed by atoms with Crippen molar-refractivity contribution in [3.05, 3.63) is 24.3 Å². The second-order valence-electron chi connectivity index (χ2n) is 7.15. The number of halogens is 3. The van der Waals surface area contributed by atoms with Gasteiger partial charge in [0.05, 0.1) is 13.2 Å². The Morgan fingerprint density at radius 2 is 1.73 bits per heavy atom. The van der Waals surface area contributed by atoms with Gasteiger partial charge in [-0.1, -0.05) is 0 Å². The fourth-order valence-corrected chi connectivity index (χ4v) is 4.90. The van der Waals surface area contributed by atoms with E-state index in [1.54, 1.807) is 0 Å². The van der Waals surface area contributed by atoms with Crippen LogP contribution in [0, 0.1) is 0 Å². The minimum atomic E-state index is -4.79. The summed E-state index contributed by atoms with van der Waals surface area (Å²) >= 11 is 1.88. The number of carbonyl (C=O) groups is 2. The van der Waals surface area contributed by atoms with E-state index < -0.39 is 23.9 Å². The zero-order chi connectivity index (χ0) is 21.6. The molecule has 0 bridgehead atoms. The summed E-state index contributed by atoms with van der Waals surface area (Å²) in [7, 11) is 0. The first kappa shape index (κ1) is 22.7. The lowest BCUT2D eigenvalue weighted by molar-refractivity contribution is -0.274. The number of ether oxygens (including phenoxy) is 2. The summed E-state index contributed by atoms with van der Waals surface area (Å²) < 4.78 is 45.8. The largest absolute Gasteiger partial charge is 0.573 e. The molecule has 1 aromatic rings. The van der Waals surface area contributed by atoms with Crippen molar-refractivity contribution in [3.63, 3.8) is 0 Å². The van der Waals surface area contributed by atoms with Crippen LogP contribution in [0.2, 0.25) is 0 Å². The van der Waals surface area contributed by atoms with Gasteiger partial charge in [-0.25, -0.2) is 0 Å². The third kappa shape index (κ3) is 6.26. The third-order valence-electron chi connectivity index (χ3n) is 5.24. The van der Waals surface area contributed by atoms with Gasteiger partial charge in [0, 0.05) is 30.9 Å². The summed E-state index contributed by atoms with van der Waals surface area (Å²) in [4.78, 5) is 26.9. The number of nitrogens with one attached hydrogen (secondary N) is 2. The molecule has 2 aliphatic rings. The molecule has 2 fully saturated rings. The monoisotopic (exact) mass is 447 g/mol. The average molecular weight is 447 g/mol. The fraction of sp³-hybridized carbons (Fsp3) is 0.579. The molecule has 7 nitrogen and oxygen atoms in total. The lowest BCUT2D eigenvalue weighted by Crippen LogP contribution is -2.61. The van der Waals surface area contributed by atoms with Gasteiger partial charge in [0.25, 0.3) is 0 Å². The van der Waals surface area contributed by atoms with E-state index in [0.29, 0.717) is 19.8 Å². The quantitative estimate of drug-likeness (QED) is 0.674. The van der Waals surface area contributed by atoms with E-state index in [4.69, 9.17) is 4.74 Å². The summed E-state index contributed by atoms with van der Waals surface area (Å²) in [6.45, 7) is 3.24. The summed E-state index contributed by atoms with van der Waals surface area (Å²) in [6.07, 6.45) is -2.96. The molecule has 0 atom stereocenters. The SMILES string of the molecule is O=C(NCC1(N2CCOCC2)CCSCC1)C(=O)Nc1ccc(OC(F)(F)F)cc1. The van der Waals surface area contributed by atoms with Crippen molar-refractivity contribution in [2.24, 2.45) is 0 Å². The van der Waals surface area contributed by atoms with E-state index in [9.17, 15) is 22.8 Å². The number of thioether (sulfide) groups is 1. The molecule has 2 amide bonds. The summed E-state index contributed by atoms with van der Waals surface area (Å²) in [5.74, 6) is -0.0804. The van der Waals surface area contributed by atoms with E-state index in [1.807, 2.05) is 11.8 Å². The van der Waals surface area contributed by atoms with Crippen LogP contribution in [0.15, 0.2) is 24.3 Å². The summed E-state index contributed by atoms with van der Waals surface area (Å²) in [5.41, 5.74) is 0.00305. The van der Waals surface area contributed by atoms with Crippen LogP contribution in [0.25, 0.3) is 0 Å². The molecule has 0 saturated carbocycles. The maximum absolute atomic E-state index is 12.3. The molecule has 166 valence electrons. The lowest BCUT2D eigenvalue weighted by atomic mass is 9.89. The van der Waals surface area contributed by atoms with Crippen molar-refractivity contribution in [1.29, 1.82) is 0 Å². The zero-order valence-electron chi connectivity index (χ0n) is 16.3. The Morgan fingerprint density at radius 1 is 1.10 bits per heavy atom. The normalized spacial score (nSPS) is 19.7. The number of benzene rings is 1. The third-order valence-corrected chi connectivity index (χ3v) is 6.22. The fourth-order valence-electron chi connectivity index (χ4n) is 3.65. The molecule has 2 aliphatic heterocycles. The smallest absolute Gasteiger partial charge is 0.406 e. The first-order valence-electron chi connectivity index (χ1n) is 9.63. The van der Waals surface area contributed by atoms with Gasteiger partial charge in [-0.15, -0.1) is 13.2 Å². The van der Waals surface area contributed by atoms with Crippen molar-refractivity contribution >= 4 is 29.3 Å². The average Bonchev–Trinajstić information content (AvgIpc) is 2.73.